The number of allylic oxidation sites excluding steroid dienone is 1. The highest BCUT2D eigenvalue weighted by Crippen LogP contribution is 2.37. The number of carbonyl (C=O) groups is 1. The van der Waals surface area contributed by atoms with Gasteiger partial charge < -0.3 is 10.6 Å². The smallest absolute Gasteiger partial charge is 0.255 e. The number of thioether (sulfide) groups is 1. The van der Waals surface area contributed by atoms with E-state index in [0.717, 1.165) is 28.3 Å². The monoisotopic (exact) mass is 501 g/mol. The van der Waals surface area contributed by atoms with Crippen molar-refractivity contribution >= 4 is 40.9 Å². The summed E-state index contributed by atoms with van der Waals surface area (Å²) in [6, 6.07) is 25.0. The Bertz CT molecular complexity index is 1400. The van der Waals surface area contributed by atoms with Crippen LogP contribution in [-0.4, -0.2) is 20.7 Å². The Hall–Kier alpha value is -3.55. The van der Waals surface area contributed by atoms with Crippen LogP contribution in [0.5, 0.6) is 0 Å². The highest BCUT2D eigenvalue weighted by atomic mass is 35.5. The van der Waals surface area contributed by atoms with Crippen molar-refractivity contribution in [2.45, 2.75) is 30.8 Å². The number of fused-ring (bicyclic) bond motifs is 1. The molecule has 2 heterocycles. The first-order chi connectivity index (χ1) is 17.0. The van der Waals surface area contributed by atoms with E-state index >= 15 is 0 Å². The number of nitrogens with one attached hydrogen (secondary N) is 2. The molecule has 2 N–H and O–H groups in total. The van der Waals surface area contributed by atoms with Gasteiger partial charge in [0.1, 0.15) is 6.04 Å². The number of carbonyl (C=O) groups excluding carboxylic acids is 1. The van der Waals surface area contributed by atoms with Crippen molar-refractivity contribution in [2.24, 2.45) is 0 Å². The fourth-order valence-electron chi connectivity index (χ4n) is 4.06. The number of nitrogens with zero attached hydrogens (tertiary/aromatic N) is 3. The fourth-order valence-corrected chi connectivity index (χ4v) is 4.98. The SMILES string of the molecule is CC1=C(C(=O)Nc2ccccc2C)[C@@H](c2ccc(Cl)cc2)n2nc(SCc3ccccc3)nc2N1. The molecule has 1 aromatic heterocycles. The Morgan fingerprint density at radius 1 is 1.03 bits per heavy atom. The van der Waals surface area contributed by atoms with E-state index in [4.69, 9.17) is 21.7 Å². The number of amides is 1. The lowest BCUT2D eigenvalue weighted by atomic mass is 9.95. The maximum absolute atomic E-state index is 13.6. The van der Waals surface area contributed by atoms with Gasteiger partial charge in [-0.2, -0.15) is 4.98 Å². The van der Waals surface area contributed by atoms with E-state index in [2.05, 4.69) is 22.8 Å². The molecule has 0 radical (unpaired) electrons. The topological polar surface area (TPSA) is 71.8 Å². The van der Waals surface area contributed by atoms with E-state index in [0.29, 0.717) is 21.7 Å². The lowest BCUT2D eigenvalue weighted by molar-refractivity contribution is -0.113. The van der Waals surface area contributed by atoms with E-state index in [-0.39, 0.29) is 5.91 Å². The first kappa shape index (κ1) is 23.2. The number of anilines is 2. The molecule has 4 aromatic rings. The summed E-state index contributed by atoms with van der Waals surface area (Å²) >= 11 is 7.72. The van der Waals surface area contributed by atoms with Gasteiger partial charge in [0, 0.05) is 22.2 Å². The summed E-state index contributed by atoms with van der Waals surface area (Å²) in [5, 5.41) is 12.4. The zero-order valence-electron chi connectivity index (χ0n) is 19.3. The molecular formula is C27H24ClN5OS. The van der Waals surface area contributed by atoms with Gasteiger partial charge in [-0.05, 0) is 48.7 Å². The summed E-state index contributed by atoms with van der Waals surface area (Å²) in [7, 11) is 0. The Labute approximate surface area is 213 Å². The molecular weight excluding hydrogens is 478 g/mol. The van der Waals surface area contributed by atoms with Gasteiger partial charge >= 0.3 is 0 Å². The molecule has 1 aliphatic heterocycles. The molecule has 0 spiro atoms. The highest BCUT2D eigenvalue weighted by Gasteiger charge is 2.34. The summed E-state index contributed by atoms with van der Waals surface area (Å²) < 4.78 is 1.79. The number of hydrogen-bond acceptors (Lipinski definition) is 5. The van der Waals surface area contributed by atoms with Crippen molar-refractivity contribution in [1.82, 2.24) is 14.8 Å². The molecule has 1 aliphatic rings. The van der Waals surface area contributed by atoms with Crippen molar-refractivity contribution in [3.05, 3.63) is 112 Å². The van der Waals surface area contributed by atoms with Crippen LogP contribution in [-0.2, 0) is 10.5 Å². The first-order valence-corrected chi connectivity index (χ1v) is 12.6. The lowest BCUT2D eigenvalue weighted by Gasteiger charge is -2.28. The van der Waals surface area contributed by atoms with Crippen molar-refractivity contribution in [1.29, 1.82) is 0 Å². The van der Waals surface area contributed by atoms with Crippen LogP contribution in [0.2, 0.25) is 5.02 Å². The Morgan fingerprint density at radius 3 is 2.49 bits per heavy atom. The van der Waals surface area contributed by atoms with Crippen LogP contribution in [0.4, 0.5) is 11.6 Å². The molecule has 0 unspecified atom stereocenters. The zero-order valence-corrected chi connectivity index (χ0v) is 20.9. The summed E-state index contributed by atoms with van der Waals surface area (Å²) in [6.45, 7) is 3.86. The third kappa shape index (κ3) is 4.97. The standard InChI is InChI=1S/C27H24ClN5OS/c1-17-8-6-7-11-22(17)30-25(34)23-18(2)29-26-31-27(35-16-19-9-4-3-5-10-19)32-33(26)24(23)20-12-14-21(28)15-13-20/h3-15,24H,16H2,1-2H3,(H,30,34)(H,29,31,32)/t24-/m1/s1. The van der Waals surface area contributed by atoms with Gasteiger partial charge in [-0.15, -0.1) is 5.10 Å². The van der Waals surface area contributed by atoms with Crippen LogP contribution in [0, 0.1) is 6.92 Å². The van der Waals surface area contributed by atoms with Crippen molar-refractivity contribution in [3.63, 3.8) is 0 Å². The molecule has 8 heteroatoms. The van der Waals surface area contributed by atoms with Gasteiger partial charge in [-0.1, -0.05) is 84.0 Å². The number of para-hydroxylation sites is 1. The van der Waals surface area contributed by atoms with Crippen LogP contribution in [0.15, 0.2) is 95.3 Å². The molecule has 0 aliphatic carbocycles. The van der Waals surface area contributed by atoms with Crippen molar-refractivity contribution in [2.75, 3.05) is 10.6 Å². The predicted molar refractivity (Wildman–Crippen MR) is 142 cm³/mol. The van der Waals surface area contributed by atoms with E-state index < -0.39 is 6.04 Å². The Morgan fingerprint density at radius 2 is 1.74 bits per heavy atom. The first-order valence-electron chi connectivity index (χ1n) is 11.2. The average molecular weight is 502 g/mol. The predicted octanol–water partition coefficient (Wildman–Crippen LogP) is 6.46. The molecule has 1 atom stereocenters. The van der Waals surface area contributed by atoms with Gasteiger partial charge in [0.15, 0.2) is 0 Å². The summed E-state index contributed by atoms with van der Waals surface area (Å²) in [4.78, 5) is 18.3. The summed E-state index contributed by atoms with van der Waals surface area (Å²) in [5.41, 5.74) is 5.17. The molecule has 0 saturated carbocycles. The van der Waals surface area contributed by atoms with Crippen LogP contribution >= 0.6 is 23.4 Å². The third-order valence-corrected chi connectivity index (χ3v) is 7.03. The Kier molecular flexibility index (Phi) is 6.61. The van der Waals surface area contributed by atoms with Crippen LogP contribution < -0.4 is 10.6 Å². The zero-order chi connectivity index (χ0) is 24.4. The number of aryl methyl sites for hydroxylation is 1. The number of rotatable bonds is 6. The van der Waals surface area contributed by atoms with Crippen LogP contribution in [0.1, 0.15) is 29.7 Å². The maximum Gasteiger partial charge on any atom is 0.255 e. The maximum atomic E-state index is 13.6. The van der Waals surface area contributed by atoms with Gasteiger partial charge in [-0.3, -0.25) is 4.79 Å². The van der Waals surface area contributed by atoms with E-state index in [9.17, 15) is 4.79 Å². The normalized spacial score (nSPS) is 14.9. The third-order valence-electron chi connectivity index (χ3n) is 5.87. The average Bonchev–Trinajstić information content (AvgIpc) is 3.27. The van der Waals surface area contributed by atoms with Crippen molar-refractivity contribution < 1.29 is 4.79 Å². The van der Waals surface area contributed by atoms with Crippen LogP contribution in [0.3, 0.4) is 0 Å². The Balaban J connectivity index is 1.50. The minimum absolute atomic E-state index is 0.191. The molecule has 0 bridgehead atoms. The van der Waals surface area contributed by atoms with Gasteiger partial charge in [0.25, 0.3) is 5.91 Å². The van der Waals surface area contributed by atoms with Gasteiger partial charge in [0.05, 0.1) is 5.57 Å². The quantitative estimate of drug-likeness (QED) is 0.297. The second-order valence-corrected chi connectivity index (χ2v) is 9.70. The molecule has 0 fully saturated rings. The van der Waals surface area contributed by atoms with E-state index in [1.54, 1.807) is 16.4 Å². The number of hydrogen-bond donors (Lipinski definition) is 2. The molecule has 3 aromatic carbocycles. The fraction of sp³-hybridized carbons (Fsp3) is 0.148. The van der Waals surface area contributed by atoms with Gasteiger partial charge in [-0.25, -0.2) is 4.68 Å². The molecule has 35 heavy (non-hydrogen) atoms. The molecule has 0 saturated heterocycles. The second kappa shape index (κ2) is 9.98. The molecule has 176 valence electrons. The number of halogens is 1. The minimum atomic E-state index is -0.453. The van der Waals surface area contributed by atoms with Crippen LogP contribution in [0.25, 0.3) is 0 Å². The molecule has 1 amide bonds. The summed E-state index contributed by atoms with van der Waals surface area (Å²) in [5.74, 6) is 1.16. The molecule has 5 rings (SSSR count). The number of aromatic nitrogens is 3. The van der Waals surface area contributed by atoms with Gasteiger partial charge in [0.2, 0.25) is 11.1 Å². The minimum Gasteiger partial charge on any atom is -0.328 e. The largest absolute Gasteiger partial charge is 0.328 e. The summed E-state index contributed by atoms with van der Waals surface area (Å²) in [6.07, 6.45) is 0. The second-order valence-electron chi connectivity index (χ2n) is 8.32. The highest BCUT2D eigenvalue weighted by molar-refractivity contribution is 7.98. The van der Waals surface area contributed by atoms with E-state index in [1.165, 1.54) is 5.56 Å². The van der Waals surface area contributed by atoms with Crippen molar-refractivity contribution in [3.8, 4) is 0 Å². The number of benzene rings is 3. The lowest BCUT2D eigenvalue weighted by Crippen LogP contribution is -2.31. The van der Waals surface area contributed by atoms with E-state index in [1.807, 2.05) is 80.6 Å². The molecule has 6 nitrogen and oxygen atoms in total.